The molecule has 0 heterocycles. The number of hydrogen-bond donors (Lipinski definition) is 1. The maximum atomic E-state index is 8.82. The first-order valence-electron chi connectivity index (χ1n) is 5.87. The summed E-state index contributed by atoms with van der Waals surface area (Å²) in [5.74, 6) is 0.570. The first kappa shape index (κ1) is 13.2. The highest BCUT2D eigenvalue weighted by atomic mass is 35.5. The van der Waals surface area contributed by atoms with Crippen LogP contribution in [0.5, 0.6) is 0 Å². The van der Waals surface area contributed by atoms with Crippen LogP contribution in [0.3, 0.4) is 0 Å². The molecule has 0 saturated heterocycles. The topological polar surface area (TPSA) is 32.7 Å². The number of rotatable bonds is 9. The molecule has 1 saturated carbocycles. The zero-order chi connectivity index (χ0) is 10.9. The summed E-state index contributed by atoms with van der Waals surface area (Å²) in [6.45, 7) is 3.65. The molecule has 0 aromatic carbocycles. The molecule has 0 amide bonds. The van der Waals surface area contributed by atoms with E-state index in [9.17, 15) is 0 Å². The van der Waals surface area contributed by atoms with Gasteiger partial charge in [0, 0.05) is 31.6 Å². The standard InChI is InChI=1S/C11H22ClNO2/c12-5-9-15-10-7-13(6-2-8-14)11-3-1-4-11/h11,14H,1-10H2. The quantitative estimate of drug-likeness (QED) is 0.486. The maximum Gasteiger partial charge on any atom is 0.0602 e. The third kappa shape index (κ3) is 5.16. The van der Waals surface area contributed by atoms with Gasteiger partial charge in [-0.15, -0.1) is 11.6 Å². The van der Waals surface area contributed by atoms with Gasteiger partial charge in [-0.3, -0.25) is 4.90 Å². The lowest BCUT2D eigenvalue weighted by molar-refractivity contribution is 0.0653. The molecule has 0 aromatic heterocycles. The zero-order valence-electron chi connectivity index (χ0n) is 9.33. The molecule has 1 N–H and O–H groups in total. The lowest BCUT2D eigenvalue weighted by Gasteiger charge is -2.37. The predicted molar refractivity (Wildman–Crippen MR) is 62.5 cm³/mol. The van der Waals surface area contributed by atoms with Crippen LogP contribution in [0, 0.1) is 0 Å². The Morgan fingerprint density at radius 3 is 2.60 bits per heavy atom. The average molecular weight is 236 g/mol. The van der Waals surface area contributed by atoms with Crippen molar-refractivity contribution in [1.29, 1.82) is 0 Å². The Bertz CT molecular complexity index is 154. The van der Waals surface area contributed by atoms with E-state index in [1.807, 2.05) is 0 Å². The Labute approximate surface area is 97.4 Å². The van der Waals surface area contributed by atoms with Crippen molar-refractivity contribution in [3.63, 3.8) is 0 Å². The number of hydrogen-bond acceptors (Lipinski definition) is 3. The fourth-order valence-electron chi connectivity index (χ4n) is 1.84. The van der Waals surface area contributed by atoms with Gasteiger partial charge < -0.3 is 9.84 Å². The summed E-state index contributed by atoms with van der Waals surface area (Å²) in [4.78, 5) is 2.44. The van der Waals surface area contributed by atoms with Gasteiger partial charge in [-0.25, -0.2) is 0 Å². The van der Waals surface area contributed by atoms with Crippen LogP contribution in [-0.4, -0.2) is 54.8 Å². The molecule has 4 heteroatoms. The van der Waals surface area contributed by atoms with Gasteiger partial charge >= 0.3 is 0 Å². The molecule has 0 aromatic rings. The van der Waals surface area contributed by atoms with E-state index < -0.39 is 0 Å². The Morgan fingerprint density at radius 2 is 2.07 bits per heavy atom. The summed E-state index contributed by atoms with van der Waals surface area (Å²) in [6.07, 6.45) is 4.83. The third-order valence-electron chi connectivity index (χ3n) is 2.94. The summed E-state index contributed by atoms with van der Waals surface area (Å²) in [5.41, 5.74) is 0. The van der Waals surface area contributed by atoms with Gasteiger partial charge in [-0.2, -0.15) is 0 Å². The molecule has 1 aliphatic carbocycles. The van der Waals surface area contributed by atoms with Crippen LogP contribution in [0.1, 0.15) is 25.7 Å². The molecule has 0 bridgehead atoms. The van der Waals surface area contributed by atoms with Crippen molar-refractivity contribution >= 4 is 11.6 Å². The fraction of sp³-hybridized carbons (Fsp3) is 1.00. The second-order valence-electron chi connectivity index (χ2n) is 4.00. The summed E-state index contributed by atoms with van der Waals surface area (Å²) in [6, 6.07) is 0.733. The summed E-state index contributed by atoms with van der Waals surface area (Å²) < 4.78 is 5.38. The first-order chi connectivity index (χ1) is 7.38. The molecule has 1 fully saturated rings. The highest BCUT2D eigenvalue weighted by Crippen LogP contribution is 2.24. The molecule has 0 spiro atoms. The molecule has 3 nitrogen and oxygen atoms in total. The molecule has 0 radical (unpaired) electrons. The normalized spacial score (nSPS) is 17.0. The van der Waals surface area contributed by atoms with Gasteiger partial charge in [-0.1, -0.05) is 6.42 Å². The molecule has 0 aliphatic heterocycles. The van der Waals surface area contributed by atoms with E-state index in [2.05, 4.69) is 4.90 Å². The van der Waals surface area contributed by atoms with Gasteiger partial charge in [0.1, 0.15) is 0 Å². The second kappa shape index (κ2) is 8.34. The van der Waals surface area contributed by atoms with Crippen LogP contribution < -0.4 is 0 Å². The molecule has 1 rings (SSSR count). The Morgan fingerprint density at radius 1 is 1.27 bits per heavy atom. The summed E-state index contributed by atoms with van der Waals surface area (Å²) in [7, 11) is 0. The average Bonchev–Trinajstić information content (AvgIpc) is 2.17. The summed E-state index contributed by atoms with van der Waals surface area (Å²) in [5, 5.41) is 8.82. The summed E-state index contributed by atoms with van der Waals surface area (Å²) >= 11 is 5.53. The zero-order valence-corrected chi connectivity index (χ0v) is 10.1. The van der Waals surface area contributed by atoms with Crippen LogP contribution in [0.25, 0.3) is 0 Å². The SMILES string of the molecule is OCCCN(CCOCCCl)C1CCC1. The second-order valence-corrected chi connectivity index (χ2v) is 4.38. The van der Waals surface area contributed by atoms with E-state index in [1.54, 1.807) is 0 Å². The lowest BCUT2D eigenvalue weighted by atomic mass is 9.91. The van der Waals surface area contributed by atoms with Gasteiger partial charge in [0.05, 0.1) is 13.2 Å². The van der Waals surface area contributed by atoms with Crippen LogP contribution in [0.2, 0.25) is 0 Å². The van der Waals surface area contributed by atoms with Crippen LogP contribution in [0.15, 0.2) is 0 Å². The molecule has 0 unspecified atom stereocenters. The number of ether oxygens (including phenoxy) is 1. The van der Waals surface area contributed by atoms with Crippen molar-refractivity contribution in [1.82, 2.24) is 4.90 Å². The molecular weight excluding hydrogens is 214 g/mol. The molecule has 0 atom stereocenters. The number of alkyl halides is 1. The number of aliphatic hydroxyl groups excluding tert-OH is 1. The van der Waals surface area contributed by atoms with Crippen molar-refractivity contribution < 1.29 is 9.84 Å². The minimum Gasteiger partial charge on any atom is -0.396 e. The Hall–Kier alpha value is 0.170. The van der Waals surface area contributed by atoms with Crippen LogP contribution in [0.4, 0.5) is 0 Å². The van der Waals surface area contributed by atoms with Crippen molar-refractivity contribution in [3.8, 4) is 0 Å². The van der Waals surface area contributed by atoms with Gasteiger partial charge in [-0.05, 0) is 19.3 Å². The van der Waals surface area contributed by atoms with Crippen molar-refractivity contribution in [2.24, 2.45) is 0 Å². The van der Waals surface area contributed by atoms with E-state index in [1.165, 1.54) is 19.3 Å². The Kier molecular flexibility index (Phi) is 7.36. The fourth-order valence-corrected chi connectivity index (χ4v) is 1.95. The number of halogens is 1. The molecule has 1 aliphatic rings. The van der Waals surface area contributed by atoms with Crippen molar-refractivity contribution in [2.45, 2.75) is 31.7 Å². The van der Waals surface area contributed by atoms with E-state index >= 15 is 0 Å². The maximum absolute atomic E-state index is 8.82. The van der Waals surface area contributed by atoms with Crippen LogP contribution in [-0.2, 0) is 4.74 Å². The molecule has 90 valence electrons. The van der Waals surface area contributed by atoms with Crippen LogP contribution >= 0.6 is 11.6 Å². The van der Waals surface area contributed by atoms with Crippen molar-refractivity contribution in [3.05, 3.63) is 0 Å². The lowest BCUT2D eigenvalue weighted by Crippen LogP contribution is -2.42. The number of nitrogens with zero attached hydrogens (tertiary/aromatic N) is 1. The number of aliphatic hydroxyl groups is 1. The smallest absolute Gasteiger partial charge is 0.0602 e. The first-order valence-corrected chi connectivity index (χ1v) is 6.40. The van der Waals surface area contributed by atoms with Gasteiger partial charge in [0.15, 0.2) is 0 Å². The minimum absolute atomic E-state index is 0.283. The highest BCUT2D eigenvalue weighted by molar-refractivity contribution is 6.17. The highest BCUT2D eigenvalue weighted by Gasteiger charge is 2.23. The van der Waals surface area contributed by atoms with Gasteiger partial charge in [0.2, 0.25) is 0 Å². The van der Waals surface area contributed by atoms with E-state index in [-0.39, 0.29) is 6.61 Å². The third-order valence-corrected chi connectivity index (χ3v) is 3.09. The van der Waals surface area contributed by atoms with E-state index in [4.69, 9.17) is 21.4 Å². The molecular formula is C11H22ClNO2. The van der Waals surface area contributed by atoms with E-state index in [0.717, 1.165) is 32.2 Å². The predicted octanol–water partition coefficient (Wildman–Crippen LogP) is 1.48. The largest absolute Gasteiger partial charge is 0.396 e. The Balaban J connectivity index is 2.10. The van der Waals surface area contributed by atoms with Crippen molar-refractivity contribution in [2.75, 3.05) is 38.8 Å². The molecule has 15 heavy (non-hydrogen) atoms. The monoisotopic (exact) mass is 235 g/mol. The van der Waals surface area contributed by atoms with E-state index in [0.29, 0.717) is 12.5 Å². The van der Waals surface area contributed by atoms with Gasteiger partial charge in [0.25, 0.3) is 0 Å². The minimum atomic E-state index is 0.283.